The number of ketones is 2. The molecule has 7 nitrogen and oxygen atoms in total. The summed E-state index contributed by atoms with van der Waals surface area (Å²) in [6.45, 7) is 10.9. The molecule has 0 aromatic heterocycles. The normalized spacial score (nSPS) is 39.0. The highest BCUT2D eigenvalue weighted by Crippen LogP contribution is 2.67. The lowest BCUT2D eigenvalue weighted by molar-refractivity contribution is -0.184. The molecule has 0 unspecified atom stereocenters. The first-order valence-electron chi connectivity index (χ1n) is 14.6. The summed E-state index contributed by atoms with van der Waals surface area (Å²) in [5, 5.41) is 23.3. The topological polar surface area (TPSA) is 104 Å². The standard InChI is InChI=1S/C30H47NO6/c1-5-31(6-2)16-8-7-9-26(35)37-19-25(34)30(36)15-13-23-22-11-10-20-17-21(32)12-14-28(20,3)27(22)24(33)18-29(23,30)4/h17,22-24,27,33,36H,5-16,18-19H2,1-4H3/t22-,23-,24-,27+,28-,29-,30-/m0/s1. The Morgan fingerprint density at radius 3 is 2.54 bits per heavy atom. The fraction of sp³-hybridized carbons (Fsp3) is 0.833. The summed E-state index contributed by atoms with van der Waals surface area (Å²) >= 11 is 0. The van der Waals surface area contributed by atoms with Crippen molar-refractivity contribution in [3.05, 3.63) is 11.6 Å². The molecule has 208 valence electrons. The van der Waals surface area contributed by atoms with Crippen LogP contribution < -0.4 is 0 Å². The highest BCUT2D eigenvalue weighted by atomic mass is 16.5. The van der Waals surface area contributed by atoms with E-state index < -0.39 is 35.5 Å². The summed E-state index contributed by atoms with van der Waals surface area (Å²) in [5.41, 5.74) is -1.40. The van der Waals surface area contributed by atoms with E-state index in [-0.39, 0.29) is 35.4 Å². The molecule has 0 bridgehead atoms. The van der Waals surface area contributed by atoms with Gasteiger partial charge in [0.05, 0.1) is 6.10 Å². The minimum Gasteiger partial charge on any atom is -0.458 e. The predicted octanol–water partition coefficient (Wildman–Crippen LogP) is 3.84. The van der Waals surface area contributed by atoms with Crippen LogP contribution in [0.3, 0.4) is 0 Å². The third kappa shape index (κ3) is 4.96. The van der Waals surface area contributed by atoms with Gasteiger partial charge in [0.2, 0.25) is 5.78 Å². The number of rotatable bonds is 10. The van der Waals surface area contributed by atoms with Crippen molar-refractivity contribution >= 4 is 17.5 Å². The SMILES string of the molecule is CCN(CC)CCCCC(=O)OCC(=O)[C@@]1(O)CC[C@H]2[C@@H]3CCC4=CC(=O)CC[C@]4(C)[C@H]3[C@@H](O)C[C@@]21C. The first-order chi connectivity index (χ1) is 17.5. The molecule has 4 aliphatic carbocycles. The Hall–Kier alpha value is -1.57. The first-order valence-corrected chi connectivity index (χ1v) is 14.6. The van der Waals surface area contributed by atoms with Gasteiger partial charge in [-0.1, -0.05) is 33.3 Å². The highest BCUT2D eigenvalue weighted by molar-refractivity contribution is 5.92. The molecule has 0 amide bonds. The van der Waals surface area contributed by atoms with Crippen LogP contribution >= 0.6 is 0 Å². The molecular formula is C30H47NO6. The maximum absolute atomic E-state index is 13.4. The number of unbranched alkanes of at least 4 members (excludes halogenated alkanes) is 1. The van der Waals surface area contributed by atoms with Gasteiger partial charge in [0.25, 0.3) is 0 Å². The second-order valence-electron chi connectivity index (χ2n) is 12.5. The average molecular weight is 518 g/mol. The van der Waals surface area contributed by atoms with E-state index in [0.717, 1.165) is 51.7 Å². The van der Waals surface area contributed by atoms with E-state index in [1.165, 1.54) is 5.57 Å². The van der Waals surface area contributed by atoms with E-state index >= 15 is 0 Å². The van der Waals surface area contributed by atoms with Gasteiger partial charge in [-0.15, -0.1) is 0 Å². The lowest BCUT2D eigenvalue weighted by Crippen LogP contribution is -2.62. The molecule has 0 aromatic carbocycles. The number of nitrogens with zero attached hydrogens (tertiary/aromatic N) is 1. The van der Waals surface area contributed by atoms with Crippen LogP contribution in [-0.4, -0.2) is 70.6 Å². The van der Waals surface area contributed by atoms with Crippen molar-refractivity contribution in [2.24, 2.45) is 28.6 Å². The second kappa shape index (κ2) is 10.9. The summed E-state index contributed by atoms with van der Waals surface area (Å²) in [7, 11) is 0. The van der Waals surface area contributed by atoms with E-state index in [2.05, 4.69) is 25.7 Å². The molecule has 7 atom stereocenters. The monoisotopic (exact) mass is 517 g/mol. The molecule has 2 N–H and O–H groups in total. The van der Waals surface area contributed by atoms with Crippen molar-refractivity contribution in [1.29, 1.82) is 0 Å². The Bertz CT molecular complexity index is 927. The van der Waals surface area contributed by atoms with Crippen molar-refractivity contribution in [3.8, 4) is 0 Å². The summed E-state index contributed by atoms with van der Waals surface area (Å²) < 4.78 is 5.33. The van der Waals surface area contributed by atoms with Gasteiger partial charge in [0, 0.05) is 18.3 Å². The van der Waals surface area contributed by atoms with E-state index in [1.54, 1.807) is 0 Å². The van der Waals surface area contributed by atoms with Crippen LogP contribution in [-0.2, 0) is 19.1 Å². The van der Waals surface area contributed by atoms with Crippen molar-refractivity contribution in [2.45, 2.75) is 104 Å². The van der Waals surface area contributed by atoms with Crippen LogP contribution in [0.15, 0.2) is 11.6 Å². The summed E-state index contributed by atoms with van der Waals surface area (Å²) in [5.74, 6) is -0.316. The Labute approximate surface area is 222 Å². The van der Waals surface area contributed by atoms with E-state index in [1.807, 2.05) is 13.0 Å². The minimum atomic E-state index is -1.60. The quantitative estimate of drug-likeness (QED) is 0.335. The minimum absolute atomic E-state index is 0.0327. The van der Waals surface area contributed by atoms with Crippen LogP contribution in [0.1, 0.15) is 91.9 Å². The number of aliphatic hydroxyl groups is 2. The van der Waals surface area contributed by atoms with E-state index in [9.17, 15) is 24.6 Å². The Balaban J connectivity index is 1.39. The van der Waals surface area contributed by atoms with E-state index in [4.69, 9.17) is 4.74 Å². The van der Waals surface area contributed by atoms with Gasteiger partial charge in [0.1, 0.15) is 5.60 Å². The number of hydrogen-bond acceptors (Lipinski definition) is 7. The molecule has 0 aromatic rings. The Morgan fingerprint density at radius 1 is 1.11 bits per heavy atom. The summed E-state index contributed by atoms with van der Waals surface area (Å²) in [6.07, 6.45) is 7.42. The Kier molecular flexibility index (Phi) is 8.37. The highest BCUT2D eigenvalue weighted by Gasteiger charge is 2.68. The smallest absolute Gasteiger partial charge is 0.306 e. The van der Waals surface area contributed by atoms with Crippen LogP contribution in [0, 0.1) is 28.6 Å². The van der Waals surface area contributed by atoms with E-state index in [0.29, 0.717) is 25.7 Å². The fourth-order valence-corrected chi connectivity index (χ4v) is 8.63. The molecule has 0 aliphatic heterocycles. The molecule has 37 heavy (non-hydrogen) atoms. The van der Waals surface area contributed by atoms with Crippen molar-refractivity contribution < 1.29 is 29.3 Å². The van der Waals surface area contributed by atoms with Crippen LogP contribution in [0.2, 0.25) is 0 Å². The number of esters is 1. The van der Waals surface area contributed by atoms with Gasteiger partial charge in [-0.05, 0) is 100 Å². The molecule has 3 saturated carbocycles. The second-order valence-corrected chi connectivity index (χ2v) is 12.5. The van der Waals surface area contributed by atoms with Gasteiger partial charge >= 0.3 is 5.97 Å². The number of allylic oxidation sites excluding steroid dienone is 1. The number of aliphatic hydroxyl groups excluding tert-OH is 1. The third-order valence-electron chi connectivity index (χ3n) is 10.9. The largest absolute Gasteiger partial charge is 0.458 e. The molecule has 4 aliphatic rings. The molecule has 0 saturated heterocycles. The van der Waals surface area contributed by atoms with Gasteiger partial charge in [0.15, 0.2) is 12.4 Å². The first kappa shape index (κ1) is 28.4. The summed E-state index contributed by atoms with van der Waals surface area (Å²) in [6, 6.07) is 0. The number of Topliss-reactive ketones (excluding diaryl/α,β-unsaturated/α-hetero) is 1. The van der Waals surface area contributed by atoms with Gasteiger partial charge in [-0.25, -0.2) is 0 Å². The van der Waals surface area contributed by atoms with Crippen molar-refractivity contribution in [3.63, 3.8) is 0 Å². The van der Waals surface area contributed by atoms with Gasteiger partial charge in [-0.2, -0.15) is 0 Å². The van der Waals surface area contributed by atoms with Crippen LogP contribution in [0.25, 0.3) is 0 Å². The van der Waals surface area contributed by atoms with Crippen molar-refractivity contribution in [1.82, 2.24) is 4.90 Å². The molecule has 0 spiro atoms. The molecule has 3 fully saturated rings. The maximum Gasteiger partial charge on any atom is 0.306 e. The lowest BCUT2D eigenvalue weighted by atomic mass is 9.45. The fourth-order valence-electron chi connectivity index (χ4n) is 8.63. The lowest BCUT2D eigenvalue weighted by Gasteiger charge is -2.60. The molecular weight excluding hydrogens is 470 g/mol. The third-order valence-corrected chi connectivity index (χ3v) is 10.9. The van der Waals surface area contributed by atoms with Crippen molar-refractivity contribution in [2.75, 3.05) is 26.2 Å². The molecule has 4 rings (SSSR count). The number of ether oxygens (including phenoxy) is 1. The summed E-state index contributed by atoms with van der Waals surface area (Å²) in [4.78, 5) is 40.1. The van der Waals surface area contributed by atoms with Crippen LogP contribution in [0.5, 0.6) is 0 Å². The molecule has 7 heteroatoms. The zero-order valence-corrected chi connectivity index (χ0v) is 23.3. The number of hydrogen-bond donors (Lipinski definition) is 2. The Morgan fingerprint density at radius 2 is 1.84 bits per heavy atom. The predicted molar refractivity (Wildman–Crippen MR) is 141 cm³/mol. The average Bonchev–Trinajstić information content (AvgIpc) is 3.13. The van der Waals surface area contributed by atoms with Gasteiger partial charge in [-0.3, -0.25) is 14.4 Å². The number of carbonyl (C=O) groups excluding carboxylic acids is 3. The van der Waals surface area contributed by atoms with Crippen LogP contribution in [0.4, 0.5) is 0 Å². The zero-order chi connectivity index (χ0) is 27.0. The zero-order valence-electron chi connectivity index (χ0n) is 23.3. The maximum atomic E-state index is 13.4. The molecule has 0 heterocycles. The number of fused-ring (bicyclic) bond motifs is 5. The van der Waals surface area contributed by atoms with Gasteiger partial charge < -0.3 is 19.8 Å². The molecule has 0 radical (unpaired) electrons. The number of carbonyl (C=O) groups is 3.